The lowest BCUT2D eigenvalue weighted by molar-refractivity contribution is -0.0264. The molecule has 1 aliphatic rings. The van der Waals surface area contributed by atoms with Crippen LogP contribution in [0.1, 0.15) is 21.5 Å². The van der Waals surface area contributed by atoms with Crippen molar-refractivity contribution in [1.29, 1.82) is 0 Å². The highest BCUT2D eigenvalue weighted by Crippen LogP contribution is 2.45. The molecule has 5 heteroatoms. The van der Waals surface area contributed by atoms with Crippen LogP contribution < -0.4 is 14.2 Å². The van der Waals surface area contributed by atoms with Gasteiger partial charge >= 0.3 is 0 Å². The van der Waals surface area contributed by atoms with Gasteiger partial charge in [0.15, 0.2) is 17.5 Å². The van der Waals surface area contributed by atoms with Gasteiger partial charge in [0.05, 0.1) is 19.8 Å². The zero-order valence-corrected chi connectivity index (χ0v) is 15.6. The van der Waals surface area contributed by atoms with E-state index in [2.05, 4.69) is 0 Å². The van der Waals surface area contributed by atoms with Crippen molar-refractivity contribution < 1.29 is 24.1 Å². The molecule has 1 heterocycles. The number of carbonyl (C=O) groups excluding carboxylic acids is 1. The zero-order chi connectivity index (χ0) is 19.7. The van der Waals surface area contributed by atoms with Crippen LogP contribution in [0, 0.1) is 0 Å². The van der Waals surface area contributed by atoms with Crippen molar-refractivity contribution in [3.05, 3.63) is 89.5 Å². The van der Waals surface area contributed by atoms with Gasteiger partial charge < -0.3 is 19.3 Å². The summed E-state index contributed by atoms with van der Waals surface area (Å²) in [6.07, 6.45) is -1.43. The first-order valence-electron chi connectivity index (χ1n) is 8.89. The number of benzene rings is 3. The predicted molar refractivity (Wildman–Crippen MR) is 104 cm³/mol. The van der Waals surface area contributed by atoms with Gasteiger partial charge in [-0.15, -0.1) is 0 Å². The number of ketones is 1. The Balaban J connectivity index is 1.94. The molecule has 1 N–H and O–H groups in total. The Morgan fingerprint density at radius 3 is 2.11 bits per heavy atom. The molecule has 0 saturated heterocycles. The van der Waals surface area contributed by atoms with Crippen LogP contribution in [-0.4, -0.2) is 31.2 Å². The van der Waals surface area contributed by atoms with Gasteiger partial charge in [0.2, 0.25) is 0 Å². The first-order valence-corrected chi connectivity index (χ1v) is 8.89. The number of aliphatic hydroxyl groups is 1. The molecule has 0 radical (unpaired) electrons. The van der Waals surface area contributed by atoms with Crippen molar-refractivity contribution in [3.63, 3.8) is 0 Å². The SMILES string of the molecule is COc1ccc(C2(c3ccccc3)Oc3ccc(OC)cc3C(=O)C2O)cc1. The molecule has 1 aliphatic heterocycles. The van der Waals surface area contributed by atoms with Crippen molar-refractivity contribution in [1.82, 2.24) is 0 Å². The molecule has 4 rings (SSSR count). The van der Waals surface area contributed by atoms with E-state index in [0.29, 0.717) is 33.9 Å². The lowest BCUT2D eigenvalue weighted by atomic mass is 9.76. The molecule has 3 aromatic carbocycles. The van der Waals surface area contributed by atoms with Crippen molar-refractivity contribution in [3.8, 4) is 17.2 Å². The summed E-state index contributed by atoms with van der Waals surface area (Å²) in [5.41, 5.74) is 0.267. The maximum absolute atomic E-state index is 13.2. The molecule has 0 aliphatic carbocycles. The molecular weight excluding hydrogens is 356 g/mol. The van der Waals surface area contributed by atoms with Gasteiger partial charge in [-0.1, -0.05) is 42.5 Å². The molecule has 0 saturated carbocycles. The number of aliphatic hydroxyl groups excluding tert-OH is 1. The third-order valence-electron chi connectivity index (χ3n) is 5.08. The van der Waals surface area contributed by atoms with Crippen LogP contribution in [-0.2, 0) is 5.60 Å². The summed E-state index contributed by atoms with van der Waals surface area (Å²) < 4.78 is 16.8. The number of Topliss-reactive ketones (excluding diaryl/α,β-unsaturated/α-hetero) is 1. The summed E-state index contributed by atoms with van der Waals surface area (Å²) in [5, 5.41) is 11.2. The minimum absolute atomic E-state index is 0.298. The monoisotopic (exact) mass is 376 g/mol. The maximum Gasteiger partial charge on any atom is 0.200 e. The van der Waals surface area contributed by atoms with E-state index in [1.54, 1.807) is 49.6 Å². The fraction of sp³-hybridized carbons (Fsp3) is 0.174. The van der Waals surface area contributed by atoms with Crippen LogP contribution in [0.3, 0.4) is 0 Å². The van der Waals surface area contributed by atoms with Crippen molar-refractivity contribution in [2.45, 2.75) is 11.7 Å². The number of hydrogen-bond acceptors (Lipinski definition) is 5. The third kappa shape index (κ3) is 2.72. The Hall–Kier alpha value is -3.31. The van der Waals surface area contributed by atoms with Crippen LogP contribution in [0.2, 0.25) is 0 Å². The molecule has 0 bridgehead atoms. The second-order valence-electron chi connectivity index (χ2n) is 6.56. The molecule has 0 amide bonds. The Labute approximate surface area is 163 Å². The summed E-state index contributed by atoms with van der Waals surface area (Å²) in [5.74, 6) is 1.18. The minimum Gasteiger partial charge on any atom is -0.497 e. The van der Waals surface area contributed by atoms with Crippen molar-refractivity contribution >= 4 is 5.78 Å². The smallest absolute Gasteiger partial charge is 0.200 e. The average molecular weight is 376 g/mol. The summed E-state index contributed by atoms with van der Waals surface area (Å²) in [4.78, 5) is 13.2. The molecule has 3 aromatic rings. The third-order valence-corrected chi connectivity index (χ3v) is 5.08. The van der Waals surface area contributed by atoms with E-state index in [1.807, 2.05) is 30.3 Å². The highest BCUT2D eigenvalue weighted by molar-refractivity contribution is 6.04. The summed E-state index contributed by atoms with van der Waals surface area (Å²) in [6, 6.07) is 21.4. The molecule has 0 aromatic heterocycles. The van der Waals surface area contributed by atoms with E-state index < -0.39 is 17.5 Å². The van der Waals surface area contributed by atoms with Gasteiger partial charge in [-0.25, -0.2) is 0 Å². The summed E-state index contributed by atoms with van der Waals surface area (Å²) >= 11 is 0. The Kier molecular flexibility index (Phi) is 4.53. The van der Waals surface area contributed by atoms with Gasteiger partial charge in [0, 0.05) is 11.1 Å². The molecule has 0 spiro atoms. The molecule has 2 atom stereocenters. The average Bonchev–Trinajstić information content (AvgIpc) is 2.76. The molecule has 28 heavy (non-hydrogen) atoms. The number of carbonyl (C=O) groups is 1. The van der Waals surface area contributed by atoms with E-state index in [9.17, 15) is 9.90 Å². The van der Waals surface area contributed by atoms with Gasteiger partial charge in [-0.3, -0.25) is 4.79 Å². The molecule has 2 unspecified atom stereocenters. The largest absolute Gasteiger partial charge is 0.497 e. The fourth-order valence-electron chi connectivity index (χ4n) is 3.60. The van der Waals surface area contributed by atoms with E-state index >= 15 is 0 Å². The lowest BCUT2D eigenvalue weighted by Crippen LogP contribution is -2.53. The molecule has 0 fully saturated rings. The minimum atomic E-state index is -1.43. The van der Waals surface area contributed by atoms with Crippen LogP contribution >= 0.6 is 0 Å². The Morgan fingerprint density at radius 1 is 0.857 bits per heavy atom. The quantitative estimate of drug-likeness (QED) is 0.754. The van der Waals surface area contributed by atoms with Crippen molar-refractivity contribution in [2.24, 2.45) is 0 Å². The number of methoxy groups -OCH3 is 2. The van der Waals surface area contributed by atoms with E-state index in [0.717, 1.165) is 0 Å². The van der Waals surface area contributed by atoms with Crippen molar-refractivity contribution in [2.75, 3.05) is 14.2 Å². The Bertz CT molecular complexity index is 997. The Morgan fingerprint density at radius 2 is 1.46 bits per heavy atom. The van der Waals surface area contributed by atoms with Gasteiger partial charge in [-0.05, 0) is 30.3 Å². The second kappa shape index (κ2) is 7.02. The first kappa shape index (κ1) is 18.1. The molecule has 142 valence electrons. The second-order valence-corrected chi connectivity index (χ2v) is 6.56. The highest BCUT2D eigenvalue weighted by Gasteiger charge is 2.51. The lowest BCUT2D eigenvalue weighted by Gasteiger charge is -2.42. The number of hydrogen-bond donors (Lipinski definition) is 1. The normalized spacial score (nSPS) is 20.8. The first-order chi connectivity index (χ1) is 13.6. The molecular formula is C23H20O5. The van der Waals surface area contributed by atoms with Gasteiger partial charge in [0.25, 0.3) is 0 Å². The van der Waals surface area contributed by atoms with E-state index in [4.69, 9.17) is 14.2 Å². The standard InChI is InChI=1S/C23H20O5/c1-26-17-10-8-16(9-11-17)23(15-6-4-3-5-7-15)22(25)21(24)19-14-18(27-2)12-13-20(19)28-23/h3-14,22,25H,1-2H3. The van der Waals surface area contributed by atoms with Crippen LogP contribution in [0.25, 0.3) is 0 Å². The number of ether oxygens (including phenoxy) is 3. The number of fused-ring (bicyclic) bond motifs is 1. The topological polar surface area (TPSA) is 65.0 Å². The molecule has 5 nitrogen and oxygen atoms in total. The predicted octanol–water partition coefficient (Wildman–Crippen LogP) is 3.58. The van der Waals surface area contributed by atoms with E-state index in [-0.39, 0.29) is 0 Å². The summed E-state index contributed by atoms with van der Waals surface area (Å²) in [7, 11) is 3.11. The van der Waals surface area contributed by atoms with Crippen LogP contribution in [0.5, 0.6) is 17.2 Å². The van der Waals surface area contributed by atoms with Crippen LogP contribution in [0.4, 0.5) is 0 Å². The summed E-state index contributed by atoms with van der Waals surface area (Å²) in [6.45, 7) is 0. The van der Waals surface area contributed by atoms with E-state index in [1.165, 1.54) is 7.11 Å². The zero-order valence-electron chi connectivity index (χ0n) is 15.6. The maximum atomic E-state index is 13.2. The van der Waals surface area contributed by atoms with Gasteiger partial charge in [0.1, 0.15) is 17.2 Å². The highest BCUT2D eigenvalue weighted by atomic mass is 16.5. The fourth-order valence-corrected chi connectivity index (χ4v) is 3.60. The van der Waals surface area contributed by atoms with Gasteiger partial charge in [-0.2, -0.15) is 0 Å². The van der Waals surface area contributed by atoms with Crippen LogP contribution in [0.15, 0.2) is 72.8 Å². The number of rotatable bonds is 4.